The third-order valence-corrected chi connectivity index (χ3v) is 8.09. The molecule has 0 aliphatic carbocycles. The first-order valence-corrected chi connectivity index (χ1v) is 11.9. The van der Waals surface area contributed by atoms with Crippen molar-refractivity contribution in [2.45, 2.75) is 29.9 Å². The standard InChI is InChI=1S/C23H22N2O6S/c26-22(20-18-11-12-19(31-18)21(20)23(27)28)24-15-7-9-16(10-8-15)32(29,30)25-13-3-5-14-4-1-2-6-17(14)25/h1-2,4,6-12,18-21H,3,5,13H2,(H,24,26)(H,27,28)/t18-,19-,20-,21-/m0/s1. The molecule has 1 amide bonds. The summed E-state index contributed by atoms with van der Waals surface area (Å²) in [7, 11) is -3.75. The number of hydrogen-bond acceptors (Lipinski definition) is 5. The average Bonchev–Trinajstić information content (AvgIpc) is 3.41. The number of anilines is 2. The Bertz CT molecular complexity index is 1210. The molecule has 3 heterocycles. The summed E-state index contributed by atoms with van der Waals surface area (Å²) >= 11 is 0. The van der Waals surface area contributed by atoms with Gasteiger partial charge >= 0.3 is 5.97 Å². The molecule has 3 aliphatic heterocycles. The zero-order valence-corrected chi connectivity index (χ0v) is 17.9. The van der Waals surface area contributed by atoms with Gasteiger partial charge in [-0.05, 0) is 48.7 Å². The number of sulfonamides is 1. The molecule has 0 saturated carbocycles. The Balaban J connectivity index is 1.34. The van der Waals surface area contributed by atoms with E-state index in [1.165, 1.54) is 28.6 Å². The van der Waals surface area contributed by atoms with Crippen molar-refractivity contribution in [2.24, 2.45) is 11.8 Å². The number of carboxylic acids is 1. The van der Waals surface area contributed by atoms with Gasteiger partial charge in [-0.1, -0.05) is 30.4 Å². The Morgan fingerprint density at radius 3 is 2.41 bits per heavy atom. The van der Waals surface area contributed by atoms with Crippen LogP contribution in [0.25, 0.3) is 0 Å². The number of carbonyl (C=O) groups is 2. The number of amides is 1. The number of hydrogen-bond donors (Lipinski definition) is 2. The minimum Gasteiger partial charge on any atom is -0.481 e. The lowest BCUT2D eigenvalue weighted by atomic mass is 9.82. The normalized spacial score (nSPS) is 26.1. The molecule has 2 aromatic carbocycles. The fourth-order valence-electron chi connectivity index (χ4n) is 4.73. The van der Waals surface area contributed by atoms with Crippen LogP contribution in [0, 0.1) is 11.8 Å². The summed E-state index contributed by atoms with van der Waals surface area (Å²) in [6, 6.07) is 13.4. The minimum atomic E-state index is -3.75. The summed E-state index contributed by atoms with van der Waals surface area (Å²) < 4.78 is 33.5. The van der Waals surface area contributed by atoms with Crippen molar-refractivity contribution in [1.29, 1.82) is 0 Å². The lowest BCUT2D eigenvalue weighted by molar-refractivity contribution is -0.145. The number of para-hydroxylation sites is 1. The van der Waals surface area contributed by atoms with E-state index in [-0.39, 0.29) is 4.90 Å². The monoisotopic (exact) mass is 454 g/mol. The Morgan fingerprint density at radius 2 is 1.69 bits per heavy atom. The van der Waals surface area contributed by atoms with Crippen LogP contribution in [0.5, 0.6) is 0 Å². The molecular formula is C23H22N2O6S. The number of nitrogens with one attached hydrogen (secondary N) is 1. The second kappa shape index (κ2) is 7.75. The van der Waals surface area contributed by atoms with Crippen molar-refractivity contribution in [1.82, 2.24) is 0 Å². The fraction of sp³-hybridized carbons (Fsp3) is 0.304. The van der Waals surface area contributed by atoms with E-state index in [0.29, 0.717) is 17.9 Å². The summed E-state index contributed by atoms with van der Waals surface area (Å²) in [6.45, 7) is 0.409. The summed E-state index contributed by atoms with van der Waals surface area (Å²) in [5, 5.41) is 12.2. The smallest absolute Gasteiger partial charge is 0.310 e. The maximum Gasteiger partial charge on any atom is 0.310 e. The van der Waals surface area contributed by atoms with Crippen LogP contribution >= 0.6 is 0 Å². The Morgan fingerprint density at radius 1 is 1.00 bits per heavy atom. The minimum absolute atomic E-state index is 0.127. The molecule has 9 heteroatoms. The molecule has 2 bridgehead atoms. The fourth-order valence-corrected chi connectivity index (χ4v) is 6.27. The highest BCUT2D eigenvalue weighted by Gasteiger charge is 2.53. The van der Waals surface area contributed by atoms with E-state index < -0.39 is 45.9 Å². The molecule has 4 atom stereocenters. The van der Waals surface area contributed by atoms with Gasteiger partial charge in [0.1, 0.15) is 5.92 Å². The van der Waals surface area contributed by atoms with Crippen molar-refractivity contribution in [3.8, 4) is 0 Å². The van der Waals surface area contributed by atoms with Crippen molar-refractivity contribution in [3.05, 3.63) is 66.2 Å². The first-order valence-electron chi connectivity index (χ1n) is 10.4. The molecule has 0 spiro atoms. The van der Waals surface area contributed by atoms with Gasteiger partial charge < -0.3 is 15.2 Å². The quantitative estimate of drug-likeness (QED) is 0.671. The molecule has 2 N–H and O–H groups in total. The van der Waals surface area contributed by atoms with Gasteiger partial charge in [0.05, 0.1) is 28.7 Å². The van der Waals surface area contributed by atoms with E-state index >= 15 is 0 Å². The largest absolute Gasteiger partial charge is 0.481 e. The number of aryl methyl sites for hydroxylation is 1. The lowest BCUT2D eigenvalue weighted by Crippen LogP contribution is -2.39. The number of carboxylic acid groups (broad SMARTS) is 1. The molecule has 0 radical (unpaired) electrons. The Labute approximate surface area is 185 Å². The zero-order chi connectivity index (χ0) is 22.5. The number of rotatable bonds is 5. The molecule has 166 valence electrons. The van der Waals surface area contributed by atoms with Crippen LogP contribution in [-0.4, -0.2) is 44.2 Å². The molecule has 0 aromatic heterocycles. The van der Waals surface area contributed by atoms with Gasteiger partial charge in [-0.15, -0.1) is 0 Å². The van der Waals surface area contributed by atoms with Crippen molar-refractivity contribution < 1.29 is 27.9 Å². The SMILES string of the molecule is O=C(O)[C@@H]1[C@@H](C(=O)Nc2ccc(S(=O)(=O)N3CCCc4ccccc43)cc2)[C@@H]2C=C[C@@H]1O2. The predicted octanol–water partition coefficient (Wildman–Crippen LogP) is 2.42. The van der Waals surface area contributed by atoms with Crippen LogP contribution in [0.1, 0.15) is 12.0 Å². The van der Waals surface area contributed by atoms with Crippen LogP contribution in [0.3, 0.4) is 0 Å². The number of fused-ring (bicyclic) bond motifs is 3. The molecule has 5 rings (SSSR count). The highest BCUT2D eigenvalue weighted by atomic mass is 32.2. The molecule has 8 nitrogen and oxygen atoms in total. The second-order valence-electron chi connectivity index (χ2n) is 8.16. The number of ether oxygens (including phenoxy) is 1. The van der Waals surface area contributed by atoms with Crippen molar-refractivity contribution >= 4 is 33.3 Å². The topological polar surface area (TPSA) is 113 Å². The molecule has 1 fully saturated rings. The van der Waals surface area contributed by atoms with Gasteiger partial charge in [-0.2, -0.15) is 0 Å². The Hall–Kier alpha value is -3.17. The van der Waals surface area contributed by atoms with Gasteiger partial charge in [-0.3, -0.25) is 13.9 Å². The second-order valence-corrected chi connectivity index (χ2v) is 10.0. The number of nitrogens with zero attached hydrogens (tertiary/aromatic N) is 1. The first-order chi connectivity index (χ1) is 15.4. The summed E-state index contributed by atoms with van der Waals surface area (Å²) in [5.74, 6) is -3.32. The third kappa shape index (κ3) is 3.37. The van der Waals surface area contributed by atoms with Crippen LogP contribution in [0.15, 0.2) is 65.6 Å². The van der Waals surface area contributed by atoms with E-state index in [1.807, 2.05) is 24.3 Å². The number of aliphatic carboxylic acids is 1. The lowest BCUT2D eigenvalue weighted by Gasteiger charge is -2.30. The maximum absolute atomic E-state index is 13.2. The molecule has 3 aliphatic rings. The van der Waals surface area contributed by atoms with Crippen LogP contribution in [-0.2, 0) is 30.8 Å². The average molecular weight is 455 g/mol. The maximum atomic E-state index is 13.2. The number of benzene rings is 2. The van der Waals surface area contributed by atoms with Gasteiger partial charge in [0.2, 0.25) is 5.91 Å². The Kier molecular flexibility index (Phi) is 5.02. The van der Waals surface area contributed by atoms with Crippen LogP contribution in [0.4, 0.5) is 11.4 Å². The summed E-state index contributed by atoms with van der Waals surface area (Å²) in [5.41, 5.74) is 2.09. The van der Waals surface area contributed by atoms with E-state index in [4.69, 9.17) is 4.74 Å². The van der Waals surface area contributed by atoms with E-state index in [1.54, 1.807) is 12.2 Å². The van der Waals surface area contributed by atoms with E-state index in [9.17, 15) is 23.1 Å². The highest BCUT2D eigenvalue weighted by molar-refractivity contribution is 7.92. The third-order valence-electron chi connectivity index (χ3n) is 6.26. The number of carbonyl (C=O) groups excluding carboxylic acids is 1. The predicted molar refractivity (Wildman–Crippen MR) is 117 cm³/mol. The summed E-state index contributed by atoms with van der Waals surface area (Å²) in [4.78, 5) is 24.5. The molecule has 0 unspecified atom stereocenters. The first kappa shape index (κ1) is 20.7. The van der Waals surface area contributed by atoms with Crippen LogP contribution in [0.2, 0.25) is 0 Å². The molecular weight excluding hydrogens is 432 g/mol. The van der Waals surface area contributed by atoms with Crippen molar-refractivity contribution in [2.75, 3.05) is 16.2 Å². The molecule has 1 saturated heterocycles. The van der Waals surface area contributed by atoms with Crippen molar-refractivity contribution in [3.63, 3.8) is 0 Å². The van der Waals surface area contributed by atoms with Crippen LogP contribution < -0.4 is 9.62 Å². The summed E-state index contributed by atoms with van der Waals surface area (Å²) in [6.07, 6.45) is 3.79. The molecule has 2 aromatic rings. The highest BCUT2D eigenvalue weighted by Crippen LogP contribution is 2.40. The molecule has 32 heavy (non-hydrogen) atoms. The van der Waals surface area contributed by atoms with Gasteiger partial charge in [0.15, 0.2) is 0 Å². The van der Waals surface area contributed by atoms with Gasteiger partial charge in [0.25, 0.3) is 10.0 Å². The van der Waals surface area contributed by atoms with Gasteiger partial charge in [0, 0.05) is 12.2 Å². The van der Waals surface area contributed by atoms with Gasteiger partial charge in [-0.25, -0.2) is 8.42 Å². The zero-order valence-electron chi connectivity index (χ0n) is 17.0. The van der Waals surface area contributed by atoms with E-state index in [2.05, 4.69) is 5.32 Å². The van der Waals surface area contributed by atoms with E-state index in [0.717, 1.165) is 18.4 Å².